The summed E-state index contributed by atoms with van der Waals surface area (Å²) in [5.41, 5.74) is 1.21. The van der Waals surface area contributed by atoms with Crippen LogP contribution < -0.4 is 5.32 Å². The molecule has 1 rings (SSSR count). The minimum atomic E-state index is -0.383. The summed E-state index contributed by atoms with van der Waals surface area (Å²) in [6.45, 7) is 0.617. The van der Waals surface area contributed by atoms with Crippen molar-refractivity contribution in [3.63, 3.8) is 0 Å². The van der Waals surface area contributed by atoms with Crippen molar-refractivity contribution < 1.29 is 4.79 Å². The molecule has 0 aliphatic rings. The van der Waals surface area contributed by atoms with Crippen molar-refractivity contribution in [2.24, 2.45) is 0 Å². The third kappa shape index (κ3) is 3.34. The van der Waals surface area contributed by atoms with E-state index < -0.39 is 0 Å². The maximum Gasteiger partial charge on any atom is 0.310 e. The van der Waals surface area contributed by atoms with Gasteiger partial charge in [0.05, 0.1) is 0 Å². The zero-order valence-electron chi connectivity index (χ0n) is 6.62. The van der Waals surface area contributed by atoms with Crippen LogP contribution >= 0.6 is 12.6 Å². The molecule has 0 saturated carbocycles. The van der Waals surface area contributed by atoms with E-state index in [1.54, 1.807) is 0 Å². The van der Waals surface area contributed by atoms with Gasteiger partial charge in [-0.1, -0.05) is 30.3 Å². The van der Waals surface area contributed by atoms with Crippen LogP contribution in [0.1, 0.15) is 5.56 Å². The Hall–Kier alpha value is -1.09. The number of rotatable bonds is 3. The molecule has 0 fully saturated rings. The van der Waals surface area contributed by atoms with Crippen LogP contribution in [0.4, 0.5) is 4.79 Å². The number of carbonyl (C=O) groups is 1. The first-order valence-electron chi connectivity index (χ1n) is 3.78. The molecule has 1 N–H and O–H groups in total. The first kappa shape index (κ1) is 9.00. The van der Waals surface area contributed by atoms with Gasteiger partial charge in [0.2, 0.25) is 0 Å². The molecule has 0 aliphatic carbocycles. The van der Waals surface area contributed by atoms with Gasteiger partial charge in [-0.3, -0.25) is 4.79 Å². The van der Waals surface area contributed by atoms with Crippen LogP contribution in [0.2, 0.25) is 0 Å². The lowest BCUT2D eigenvalue weighted by Crippen LogP contribution is -2.19. The Labute approximate surface area is 77.4 Å². The monoisotopic (exact) mass is 180 g/mol. The van der Waals surface area contributed by atoms with Crippen LogP contribution in [0.5, 0.6) is 0 Å². The zero-order valence-corrected chi connectivity index (χ0v) is 7.43. The molecule has 0 aromatic heterocycles. The first-order valence-corrected chi connectivity index (χ1v) is 4.18. The van der Waals surface area contributed by atoms with Gasteiger partial charge in [0.15, 0.2) is 0 Å². The molecule has 0 aliphatic heterocycles. The summed E-state index contributed by atoms with van der Waals surface area (Å²) >= 11 is 4.34. The molecule has 1 radical (unpaired) electrons. The number of hydrogen-bond acceptors (Lipinski definition) is 1. The Morgan fingerprint density at radius 3 is 2.58 bits per heavy atom. The highest BCUT2D eigenvalue weighted by molar-refractivity contribution is 7.96. The van der Waals surface area contributed by atoms with E-state index in [0.717, 1.165) is 6.42 Å². The van der Waals surface area contributed by atoms with Crippen LogP contribution in [0.3, 0.4) is 0 Å². The lowest BCUT2D eigenvalue weighted by atomic mass is 10.2. The minimum Gasteiger partial charge on any atom is -0.343 e. The summed E-state index contributed by atoms with van der Waals surface area (Å²) in [6.07, 6.45) is 0.837. The van der Waals surface area contributed by atoms with Crippen molar-refractivity contribution in [2.45, 2.75) is 6.42 Å². The lowest BCUT2D eigenvalue weighted by Gasteiger charge is -2.00. The highest BCUT2D eigenvalue weighted by atomic mass is 32.1. The second-order valence-corrected chi connectivity index (χ2v) is 2.82. The fourth-order valence-electron chi connectivity index (χ4n) is 0.954. The Balaban J connectivity index is 2.29. The van der Waals surface area contributed by atoms with E-state index in [-0.39, 0.29) is 5.24 Å². The number of hydrogen-bond donors (Lipinski definition) is 1. The van der Waals surface area contributed by atoms with Gasteiger partial charge in [0, 0.05) is 6.54 Å². The van der Waals surface area contributed by atoms with Gasteiger partial charge in [-0.25, -0.2) is 0 Å². The Morgan fingerprint density at radius 1 is 1.33 bits per heavy atom. The van der Waals surface area contributed by atoms with E-state index in [0.29, 0.717) is 6.54 Å². The summed E-state index contributed by atoms with van der Waals surface area (Å²) in [6, 6.07) is 9.97. The molecule has 0 saturated heterocycles. The molecule has 63 valence electrons. The van der Waals surface area contributed by atoms with E-state index in [4.69, 9.17) is 0 Å². The largest absolute Gasteiger partial charge is 0.343 e. The van der Waals surface area contributed by atoms with E-state index >= 15 is 0 Å². The molecule has 2 nitrogen and oxygen atoms in total. The van der Waals surface area contributed by atoms with Gasteiger partial charge in [0.1, 0.15) is 0 Å². The van der Waals surface area contributed by atoms with E-state index in [1.165, 1.54) is 5.56 Å². The van der Waals surface area contributed by atoms with Crippen LogP contribution in [-0.2, 0) is 6.42 Å². The highest BCUT2D eigenvalue weighted by Gasteiger charge is 1.93. The quantitative estimate of drug-likeness (QED) is 0.758. The molecular weight excluding hydrogens is 170 g/mol. The maximum atomic E-state index is 10.3. The molecular formula is C9H10NOS. The van der Waals surface area contributed by atoms with Gasteiger partial charge in [-0.15, -0.1) is 0 Å². The fourth-order valence-corrected chi connectivity index (χ4v) is 1.06. The smallest absolute Gasteiger partial charge is 0.310 e. The number of amides is 1. The van der Waals surface area contributed by atoms with E-state index in [2.05, 4.69) is 17.9 Å². The molecule has 0 bridgehead atoms. The maximum absolute atomic E-state index is 10.3. The molecule has 12 heavy (non-hydrogen) atoms. The summed E-state index contributed by atoms with van der Waals surface area (Å²) in [5.74, 6) is 0. The van der Waals surface area contributed by atoms with Gasteiger partial charge >= 0.3 is 5.24 Å². The summed E-state index contributed by atoms with van der Waals surface area (Å²) in [5, 5.41) is 2.19. The molecule has 0 spiro atoms. The molecule has 0 unspecified atom stereocenters. The Bertz CT molecular complexity index is 248. The van der Waals surface area contributed by atoms with Gasteiger partial charge < -0.3 is 5.32 Å². The predicted molar refractivity (Wildman–Crippen MR) is 51.1 cm³/mol. The molecule has 0 heterocycles. The Morgan fingerprint density at radius 2 is 2.00 bits per heavy atom. The normalized spacial score (nSPS) is 9.33. The van der Waals surface area contributed by atoms with Gasteiger partial charge in [-0.05, 0) is 24.6 Å². The zero-order chi connectivity index (χ0) is 8.81. The number of nitrogens with one attached hydrogen (secondary N) is 1. The third-order valence-electron chi connectivity index (χ3n) is 1.53. The van der Waals surface area contributed by atoms with Crippen LogP contribution in [0.25, 0.3) is 0 Å². The lowest BCUT2D eigenvalue weighted by molar-refractivity contribution is 0.261. The summed E-state index contributed by atoms with van der Waals surface area (Å²) in [7, 11) is 0. The van der Waals surface area contributed by atoms with Crippen LogP contribution in [0.15, 0.2) is 30.3 Å². The van der Waals surface area contributed by atoms with Crippen LogP contribution in [0, 0.1) is 0 Å². The highest BCUT2D eigenvalue weighted by Crippen LogP contribution is 1.98. The standard InChI is InChI=1S/C9H10NOS/c11-9(12)10-7-6-8-4-2-1-3-5-8/h1-5H,6-7H2,(H,10,11). The number of benzene rings is 1. The van der Waals surface area contributed by atoms with Crippen molar-refractivity contribution in [1.82, 2.24) is 5.32 Å². The summed E-state index contributed by atoms with van der Waals surface area (Å²) < 4.78 is 0. The van der Waals surface area contributed by atoms with Crippen LogP contribution in [-0.4, -0.2) is 11.8 Å². The predicted octanol–water partition coefficient (Wildman–Crippen LogP) is 2.14. The second kappa shape index (κ2) is 4.72. The van der Waals surface area contributed by atoms with E-state index in [9.17, 15) is 4.79 Å². The SMILES string of the molecule is O=C([S])NCCc1ccccc1. The second-order valence-electron chi connectivity index (χ2n) is 2.45. The number of carbonyl (C=O) groups excluding carboxylic acids is 1. The van der Waals surface area contributed by atoms with Crippen molar-refractivity contribution in [3.05, 3.63) is 35.9 Å². The van der Waals surface area contributed by atoms with Crippen molar-refractivity contribution in [2.75, 3.05) is 6.54 Å². The Kier molecular flexibility index (Phi) is 3.54. The fraction of sp³-hybridized carbons (Fsp3) is 0.222. The third-order valence-corrected chi connectivity index (χ3v) is 1.67. The van der Waals surface area contributed by atoms with Crippen molar-refractivity contribution >= 4 is 17.9 Å². The van der Waals surface area contributed by atoms with E-state index in [1.807, 2.05) is 30.3 Å². The molecule has 1 aromatic rings. The van der Waals surface area contributed by atoms with Gasteiger partial charge in [-0.2, -0.15) is 0 Å². The van der Waals surface area contributed by atoms with Crippen molar-refractivity contribution in [3.8, 4) is 0 Å². The van der Waals surface area contributed by atoms with Gasteiger partial charge in [0.25, 0.3) is 0 Å². The summed E-state index contributed by atoms with van der Waals surface area (Å²) in [4.78, 5) is 10.3. The molecule has 1 aromatic carbocycles. The topological polar surface area (TPSA) is 29.1 Å². The molecule has 0 atom stereocenters. The average molecular weight is 180 g/mol. The first-order chi connectivity index (χ1) is 5.79. The molecule has 3 heteroatoms. The van der Waals surface area contributed by atoms with Crippen molar-refractivity contribution in [1.29, 1.82) is 0 Å². The minimum absolute atomic E-state index is 0.383. The molecule has 1 amide bonds. The average Bonchev–Trinajstić information content (AvgIpc) is 2.05.